The lowest BCUT2D eigenvalue weighted by atomic mass is 9.68. The second-order valence-corrected chi connectivity index (χ2v) is 32.8. The number of hydrogen-bond donors (Lipinski definition) is 0. The molecule has 2 aliphatic rings. The lowest BCUT2D eigenvalue weighted by Gasteiger charge is -2.34. The fourth-order valence-corrected chi connectivity index (χ4v) is 20.3. The highest BCUT2D eigenvalue weighted by atomic mass is 16.3. The molecule has 0 radical (unpaired) electrons. The molecule has 0 N–H and O–H groups in total. The lowest BCUT2D eigenvalue weighted by molar-refractivity contribution is 0.668. The molecule has 0 bridgehead atoms. The predicted molar refractivity (Wildman–Crippen MR) is 524 cm³/mol. The van der Waals surface area contributed by atoms with Gasteiger partial charge in [0.1, 0.15) is 22.3 Å². The molecule has 592 valence electrons. The Balaban J connectivity index is 0.000000145. The minimum Gasteiger partial charge on any atom is -0.456 e. The maximum atomic E-state index is 6.40. The Labute approximate surface area is 733 Å². The Kier molecular flexibility index (Phi) is 18.7. The van der Waals surface area contributed by atoms with Crippen molar-refractivity contribution in [1.29, 1.82) is 0 Å². The van der Waals surface area contributed by atoms with Gasteiger partial charge in [-0.1, -0.05) is 406 Å². The van der Waals surface area contributed by atoms with Crippen LogP contribution in [0, 0.1) is 0 Å². The molecule has 0 fully saturated rings. The monoisotopic (exact) mass is 1610 g/mol. The molecule has 0 unspecified atom stereocenters. The number of benzene rings is 20. The molecular weight excluding hydrogens is 1530 g/mol. The van der Waals surface area contributed by atoms with Crippen LogP contribution in [0.1, 0.15) is 44.5 Å². The first-order valence-corrected chi connectivity index (χ1v) is 43.3. The van der Waals surface area contributed by atoms with Crippen LogP contribution in [-0.2, 0) is 10.8 Å². The number of nitrogens with zero attached hydrogens (tertiary/aromatic N) is 2. The van der Waals surface area contributed by atoms with E-state index in [-0.39, 0.29) is 0 Å². The zero-order valence-electron chi connectivity index (χ0n) is 69.1. The van der Waals surface area contributed by atoms with Gasteiger partial charge in [-0.25, -0.2) is 0 Å². The largest absolute Gasteiger partial charge is 0.456 e. The summed E-state index contributed by atoms with van der Waals surface area (Å²) in [7, 11) is 0. The van der Waals surface area contributed by atoms with Gasteiger partial charge in [-0.2, -0.15) is 0 Å². The summed E-state index contributed by atoms with van der Waals surface area (Å²) in [4.78, 5) is 4.96. The van der Waals surface area contributed by atoms with Gasteiger partial charge in [0.25, 0.3) is 0 Å². The summed E-state index contributed by atoms with van der Waals surface area (Å²) >= 11 is 0. The third kappa shape index (κ3) is 12.7. The van der Waals surface area contributed by atoms with E-state index in [1.807, 2.05) is 24.3 Å². The van der Waals surface area contributed by atoms with E-state index in [2.05, 4.69) is 483 Å². The Bertz CT molecular complexity index is 7730. The Morgan fingerprint density at radius 1 is 0.159 bits per heavy atom. The molecule has 0 atom stereocenters. The first kappa shape index (κ1) is 74.6. The minimum absolute atomic E-state index is 0.525. The summed E-state index contributed by atoms with van der Waals surface area (Å²) in [6.07, 6.45) is 0. The number of furan rings is 2. The van der Waals surface area contributed by atoms with Crippen LogP contribution in [0.25, 0.3) is 133 Å². The first-order chi connectivity index (χ1) is 62.5. The van der Waals surface area contributed by atoms with Gasteiger partial charge in [0.2, 0.25) is 0 Å². The molecule has 0 amide bonds. The van der Waals surface area contributed by atoms with Crippen LogP contribution in [0.15, 0.2) is 506 Å². The molecule has 0 saturated carbocycles. The van der Waals surface area contributed by atoms with Crippen molar-refractivity contribution < 1.29 is 8.83 Å². The average Bonchev–Trinajstić information content (AvgIpc) is 1.54. The van der Waals surface area contributed by atoms with E-state index in [1.165, 1.54) is 94.6 Å². The summed E-state index contributed by atoms with van der Waals surface area (Å²) in [5, 5.41) is 4.51. The van der Waals surface area contributed by atoms with Crippen molar-refractivity contribution >= 4 is 78.0 Å². The lowest BCUT2D eigenvalue weighted by Crippen LogP contribution is -2.28. The van der Waals surface area contributed by atoms with Crippen molar-refractivity contribution in [2.75, 3.05) is 9.80 Å². The quantitative estimate of drug-likeness (QED) is 0.0965. The molecule has 0 saturated heterocycles. The highest BCUT2D eigenvalue weighted by molar-refractivity contribution is 6.08. The van der Waals surface area contributed by atoms with Crippen molar-refractivity contribution in [2.45, 2.75) is 10.8 Å². The van der Waals surface area contributed by atoms with E-state index in [4.69, 9.17) is 8.83 Å². The topological polar surface area (TPSA) is 32.8 Å². The normalized spacial score (nSPS) is 12.6. The molecular formula is C122H82N2O2. The Morgan fingerprint density at radius 3 is 0.857 bits per heavy atom. The van der Waals surface area contributed by atoms with E-state index < -0.39 is 10.8 Å². The molecule has 0 aliphatic heterocycles. The summed E-state index contributed by atoms with van der Waals surface area (Å²) in [5.41, 5.74) is 37.9. The number of hydrogen-bond acceptors (Lipinski definition) is 4. The van der Waals surface area contributed by atoms with Gasteiger partial charge in [0.15, 0.2) is 0 Å². The summed E-state index contributed by atoms with van der Waals surface area (Å²) in [6, 6.07) is 181. The Hall–Kier alpha value is -16.4. The van der Waals surface area contributed by atoms with Crippen LogP contribution < -0.4 is 9.80 Å². The average molecular weight is 1610 g/mol. The van der Waals surface area contributed by atoms with Crippen LogP contribution in [0.3, 0.4) is 0 Å². The van der Waals surface area contributed by atoms with E-state index >= 15 is 0 Å². The predicted octanol–water partition coefficient (Wildman–Crippen LogP) is 32.8. The third-order valence-electron chi connectivity index (χ3n) is 25.9. The van der Waals surface area contributed by atoms with Gasteiger partial charge < -0.3 is 18.6 Å². The van der Waals surface area contributed by atoms with Gasteiger partial charge in [-0.05, 0) is 208 Å². The first-order valence-electron chi connectivity index (χ1n) is 43.3. The molecule has 2 aliphatic carbocycles. The van der Waals surface area contributed by atoms with E-state index in [9.17, 15) is 0 Å². The third-order valence-corrected chi connectivity index (χ3v) is 25.9. The van der Waals surface area contributed by atoms with Crippen molar-refractivity contribution in [3.8, 4) is 89.0 Å². The van der Waals surface area contributed by atoms with Crippen LogP contribution in [0.5, 0.6) is 0 Å². The second-order valence-electron chi connectivity index (χ2n) is 32.8. The molecule has 4 heteroatoms. The van der Waals surface area contributed by atoms with Gasteiger partial charge in [-0.15, -0.1) is 0 Å². The van der Waals surface area contributed by atoms with Crippen molar-refractivity contribution in [1.82, 2.24) is 0 Å². The van der Waals surface area contributed by atoms with E-state index in [0.717, 1.165) is 117 Å². The maximum absolute atomic E-state index is 6.40. The zero-order valence-corrected chi connectivity index (χ0v) is 69.1. The minimum atomic E-state index is -0.535. The smallest absolute Gasteiger partial charge is 0.136 e. The summed E-state index contributed by atoms with van der Waals surface area (Å²) < 4.78 is 12.8. The molecule has 2 heterocycles. The highest BCUT2D eigenvalue weighted by Gasteiger charge is 2.49. The second kappa shape index (κ2) is 31.6. The summed E-state index contributed by atoms with van der Waals surface area (Å²) in [6.45, 7) is 0. The standard InChI is InChI=1S/2C61H41NO/c1-4-18-42(19-5-1)43-34-36-44(37-35-43)50-26-11-14-31-56(50)62(49-25-16-20-45(40-49)46-38-39-52-51-27-12-15-33-58(51)63-59(52)41-46)57-32-17-30-55-60(57)53-28-10-13-29-54(53)61(55,47-21-6-2-7-22-47)48-23-8-3-9-24-48;1-4-17-42(18-5-1)43-33-35-44(36-34-43)45-19-14-25-50(39-45)62(51-26-15-20-46(40-51)47-37-38-53-52-27-11-13-32-58(52)63-59(53)41-47)57-31-16-30-56-60(57)54-28-10-12-29-55(54)61(56,48-21-6-2-7-22-48)49-23-8-3-9-24-49/h2*1-41H. The fourth-order valence-electron chi connectivity index (χ4n) is 20.3. The van der Waals surface area contributed by atoms with Gasteiger partial charge in [0, 0.05) is 55.3 Å². The maximum Gasteiger partial charge on any atom is 0.136 e. The van der Waals surface area contributed by atoms with Crippen molar-refractivity contribution in [3.63, 3.8) is 0 Å². The van der Waals surface area contributed by atoms with E-state index in [0.29, 0.717) is 0 Å². The van der Waals surface area contributed by atoms with Crippen LogP contribution in [0.4, 0.5) is 34.1 Å². The van der Waals surface area contributed by atoms with Gasteiger partial charge >= 0.3 is 0 Å². The molecule has 0 spiro atoms. The van der Waals surface area contributed by atoms with Crippen LogP contribution >= 0.6 is 0 Å². The molecule has 2 aromatic heterocycles. The van der Waals surface area contributed by atoms with Crippen LogP contribution in [-0.4, -0.2) is 0 Å². The van der Waals surface area contributed by atoms with Crippen molar-refractivity contribution in [2.24, 2.45) is 0 Å². The van der Waals surface area contributed by atoms with Gasteiger partial charge in [0.05, 0.1) is 27.9 Å². The fraction of sp³-hybridized carbons (Fsp3) is 0.0164. The number of para-hydroxylation sites is 3. The molecule has 22 aromatic rings. The number of anilines is 6. The number of rotatable bonds is 16. The zero-order chi connectivity index (χ0) is 83.5. The number of fused-ring (bicyclic) bond motifs is 12. The SMILES string of the molecule is c1ccc(-c2ccc(-c3cccc(N(c4cccc(-c5ccc6c(c5)oc5ccccc56)c4)c4cccc5c4-c4ccccc4C5(c4ccccc4)c4ccccc4)c3)cc2)cc1.c1ccc(-c2ccc(-c3ccccc3N(c3cccc(-c4ccc5c(c4)oc4ccccc45)c3)c3cccc4c3-c3ccccc3C4(c3ccccc3)c3ccccc3)cc2)cc1. The Morgan fingerprint density at radius 2 is 0.429 bits per heavy atom. The molecule has 24 rings (SSSR count). The highest BCUT2D eigenvalue weighted by Crippen LogP contribution is 2.62. The van der Waals surface area contributed by atoms with E-state index in [1.54, 1.807) is 0 Å². The molecule has 4 nitrogen and oxygen atoms in total. The van der Waals surface area contributed by atoms with Crippen LogP contribution in [0.2, 0.25) is 0 Å². The summed E-state index contributed by atoms with van der Waals surface area (Å²) in [5.74, 6) is 0. The molecule has 20 aromatic carbocycles. The van der Waals surface area contributed by atoms with Crippen molar-refractivity contribution in [3.05, 3.63) is 542 Å². The van der Waals surface area contributed by atoms with Gasteiger partial charge in [-0.3, -0.25) is 0 Å². The molecule has 126 heavy (non-hydrogen) atoms.